The predicted octanol–water partition coefficient (Wildman–Crippen LogP) is 3.04. The first-order valence-electron chi connectivity index (χ1n) is 8.79. The minimum Gasteiger partial charge on any atom is -0.465 e. The summed E-state index contributed by atoms with van der Waals surface area (Å²) in [4.78, 5) is 23.9. The quantitative estimate of drug-likeness (QED) is 0.889. The van der Waals surface area contributed by atoms with Crippen molar-refractivity contribution < 1.29 is 19.2 Å². The molecule has 4 rings (SSSR count). The summed E-state index contributed by atoms with van der Waals surface area (Å²) in [5.41, 5.74) is 3.49. The maximum atomic E-state index is 11.5. The van der Waals surface area contributed by atoms with Crippen LogP contribution < -0.4 is 5.32 Å². The van der Waals surface area contributed by atoms with Gasteiger partial charge in [0.05, 0.1) is 12.1 Å². The van der Waals surface area contributed by atoms with Gasteiger partial charge in [0.1, 0.15) is 0 Å². The highest BCUT2D eigenvalue weighted by atomic mass is 16.5. The third kappa shape index (κ3) is 3.18. The standard InChI is InChI=1S/C18H21N3O4/c22-17-9-12-8-13-14(20-25-16(13)10-15(12)19-17)3-1-2-11-4-6-21(7-5-11)18(23)24/h8,10-11H,1-7,9H2,(H,19,22)(H,23,24). The molecule has 0 saturated carbocycles. The fraction of sp³-hybridized carbons (Fsp3) is 0.500. The Morgan fingerprint density at radius 1 is 1.36 bits per heavy atom. The van der Waals surface area contributed by atoms with Gasteiger partial charge in [-0.3, -0.25) is 4.79 Å². The van der Waals surface area contributed by atoms with Gasteiger partial charge in [0, 0.05) is 30.2 Å². The number of piperidine rings is 1. The van der Waals surface area contributed by atoms with Crippen molar-refractivity contribution in [2.75, 3.05) is 18.4 Å². The number of hydrogen-bond acceptors (Lipinski definition) is 4. The van der Waals surface area contributed by atoms with Crippen LogP contribution in [0, 0.1) is 5.92 Å². The Morgan fingerprint density at radius 2 is 2.16 bits per heavy atom. The number of amides is 2. The fourth-order valence-electron chi connectivity index (χ4n) is 3.86. The molecule has 1 aromatic heterocycles. The van der Waals surface area contributed by atoms with E-state index in [1.807, 2.05) is 12.1 Å². The molecular formula is C18H21N3O4. The van der Waals surface area contributed by atoms with Gasteiger partial charge in [0.25, 0.3) is 0 Å². The van der Waals surface area contributed by atoms with E-state index in [9.17, 15) is 9.59 Å². The third-order valence-electron chi connectivity index (χ3n) is 5.31. The number of aromatic nitrogens is 1. The van der Waals surface area contributed by atoms with Gasteiger partial charge >= 0.3 is 6.09 Å². The van der Waals surface area contributed by atoms with Gasteiger partial charge in [-0.2, -0.15) is 0 Å². The molecule has 3 heterocycles. The molecule has 7 nitrogen and oxygen atoms in total. The molecule has 0 spiro atoms. The number of hydrogen-bond donors (Lipinski definition) is 2. The average molecular weight is 343 g/mol. The number of fused-ring (bicyclic) bond motifs is 2. The maximum absolute atomic E-state index is 11.5. The van der Waals surface area contributed by atoms with Crippen molar-refractivity contribution in [3.8, 4) is 0 Å². The fourth-order valence-corrected chi connectivity index (χ4v) is 3.86. The molecule has 7 heteroatoms. The van der Waals surface area contributed by atoms with E-state index < -0.39 is 6.09 Å². The summed E-state index contributed by atoms with van der Waals surface area (Å²) in [5.74, 6) is 0.602. The van der Waals surface area contributed by atoms with Gasteiger partial charge in [0.15, 0.2) is 5.58 Å². The highest BCUT2D eigenvalue weighted by Gasteiger charge is 2.23. The van der Waals surface area contributed by atoms with Crippen molar-refractivity contribution in [2.24, 2.45) is 5.92 Å². The topological polar surface area (TPSA) is 95.7 Å². The number of rotatable bonds is 4. The molecule has 0 aliphatic carbocycles. The van der Waals surface area contributed by atoms with E-state index in [2.05, 4.69) is 10.5 Å². The number of anilines is 1. The molecule has 2 aliphatic rings. The number of carbonyl (C=O) groups excluding carboxylic acids is 1. The van der Waals surface area contributed by atoms with E-state index in [0.29, 0.717) is 31.0 Å². The molecule has 0 atom stereocenters. The molecule has 0 unspecified atom stereocenters. The van der Waals surface area contributed by atoms with E-state index in [4.69, 9.17) is 9.63 Å². The molecule has 132 valence electrons. The summed E-state index contributed by atoms with van der Waals surface area (Å²) in [7, 11) is 0. The first-order valence-corrected chi connectivity index (χ1v) is 8.79. The Kier molecular flexibility index (Phi) is 4.07. The summed E-state index contributed by atoms with van der Waals surface area (Å²) >= 11 is 0. The molecule has 1 fully saturated rings. The zero-order valence-electron chi connectivity index (χ0n) is 14.0. The largest absolute Gasteiger partial charge is 0.465 e. The van der Waals surface area contributed by atoms with Crippen LogP contribution in [0.5, 0.6) is 0 Å². The molecule has 2 aromatic rings. The Morgan fingerprint density at radius 3 is 2.92 bits per heavy atom. The van der Waals surface area contributed by atoms with E-state index in [1.54, 1.807) is 0 Å². The van der Waals surface area contributed by atoms with Gasteiger partial charge in [-0.25, -0.2) is 4.79 Å². The number of carboxylic acid groups (broad SMARTS) is 1. The lowest BCUT2D eigenvalue weighted by molar-refractivity contribution is -0.115. The highest BCUT2D eigenvalue weighted by Crippen LogP contribution is 2.31. The van der Waals surface area contributed by atoms with E-state index >= 15 is 0 Å². The monoisotopic (exact) mass is 343 g/mol. The van der Waals surface area contributed by atoms with Crippen molar-refractivity contribution >= 4 is 28.7 Å². The Bertz CT molecular complexity index is 821. The number of carbonyl (C=O) groups is 2. The number of benzene rings is 1. The minimum atomic E-state index is -0.812. The molecule has 1 saturated heterocycles. The molecule has 0 radical (unpaired) electrons. The molecule has 0 bridgehead atoms. The van der Waals surface area contributed by atoms with Gasteiger partial charge in [-0.1, -0.05) is 5.16 Å². The first-order chi connectivity index (χ1) is 12.1. The van der Waals surface area contributed by atoms with E-state index in [1.165, 1.54) is 4.90 Å². The number of likely N-dealkylation sites (tertiary alicyclic amines) is 1. The van der Waals surface area contributed by atoms with Crippen molar-refractivity contribution in [3.05, 3.63) is 23.4 Å². The average Bonchev–Trinajstić information content (AvgIpc) is 3.15. The van der Waals surface area contributed by atoms with Crippen molar-refractivity contribution in [1.29, 1.82) is 0 Å². The predicted molar refractivity (Wildman–Crippen MR) is 91.6 cm³/mol. The Hall–Kier alpha value is -2.57. The molecule has 25 heavy (non-hydrogen) atoms. The van der Waals surface area contributed by atoms with Crippen LogP contribution in [0.15, 0.2) is 16.7 Å². The third-order valence-corrected chi connectivity index (χ3v) is 5.31. The molecule has 2 aliphatic heterocycles. The lowest BCUT2D eigenvalue weighted by Crippen LogP contribution is -2.37. The first kappa shape index (κ1) is 15.9. The number of nitrogens with one attached hydrogen (secondary N) is 1. The van der Waals surface area contributed by atoms with Crippen LogP contribution >= 0.6 is 0 Å². The van der Waals surface area contributed by atoms with Crippen LogP contribution in [0.4, 0.5) is 10.5 Å². The van der Waals surface area contributed by atoms with Gasteiger partial charge in [-0.05, 0) is 49.7 Å². The molecule has 2 amide bonds. The second-order valence-corrected chi connectivity index (χ2v) is 6.96. The SMILES string of the molecule is O=C1Cc2cc3c(CCCC4CCN(C(=O)O)CC4)noc3cc2N1. The van der Waals surface area contributed by atoms with E-state index in [-0.39, 0.29) is 5.91 Å². The lowest BCUT2D eigenvalue weighted by Gasteiger charge is -2.29. The van der Waals surface area contributed by atoms with Crippen LogP contribution in [0.25, 0.3) is 11.0 Å². The zero-order valence-corrected chi connectivity index (χ0v) is 14.0. The highest BCUT2D eigenvalue weighted by molar-refractivity contribution is 6.02. The summed E-state index contributed by atoms with van der Waals surface area (Å²) in [5, 5.41) is 17.0. The smallest absolute Gasteiger partial charge is 0.407 e. The van der Waals surface area contributed by atoms with Crippen LogP contribution in [-0.2, 0) is 17.6 Å². The van der Waals surface area contributed by atoms with Crippen molar-refractivity contribution in [1.82, 2.24) is 10.1 Å². The van der Waals surface area contributed by atoms with Gasteiger partial charge < -0.3 is 19.8 Å². The maximum Gasteiger partial charge on any atom is 0.407 e. The number of nitrogens with zero attached hydrogens (tertiary/aromatic N) is 2. The Balaban J connectivity index is 1.35. The normalized spacial score (nSPS) is 17.8. The van der Waals surface area contributed by atoms with Gasteiger partial charge in [-0.15, -0.1) is 0 Å². The zero-order chi connectivity index (χ0) is 17.4. The van der Waals surface area contributed by atoms with Crippen LogP contribution in [0.3, 0.4) is 0 Å². The molecule has 1 aromatic carbocycles. The second kappa shape index (κ2) is 6.38. The van der Waals surface area contributed by atoms with Gasteiger partial charge in [0.2, 0.25) is 5.91 Å². The summed E-state index contributed by atoms with van der Waals surface area (Å²) in [6.45, 7) is 1.28. The Labute approximate surface area is 145 Å². The summed E-state index contributed by atoms with van der Waals surface area (Å²) in [6.07, 6.45) is 4.40. The van der Waals surface area contributed by atoms with Crippen LogP contribution in [0.1, 0.15) is 36.9 Å². The van der Waals surface area contributed by atoms with Crippen LogP contribution in [-0.4, -0.2) is 40.3 Å². The van der Waals surface area contributed by atoms with Crippen molar-refractivity contribution in [3.63, 3.8) is 0 Å². The minimum absolute atomic E-state index is 0.0184. The lowest BCUT2D eigenvalue weighted by atomic mass is 9.91. The van der Waals surface area contributed by atoms with Crippen LogP contribution in [0.2, 0.25) is 0 Å². The van der Waals surface area contributed by atoms with E-state index in [0.717, 1.165) is 54.4 Å². The number of aryl methyl sites for hydroxylation is 1. The molecular weight excluding hydrogens is 322 g/mol. The summed E-state index contributed by atoms with van der Waals surface area (Å²) < 4.78 is 5.42. The van der Waals surface area contributed by atoms with Crippen molar-refractivity contribution in [2.45, 2.75) is 38.5 Å². The molecule has 2 N–H and O–H groups in total. The summed E-state index contributed by atoms with van der Waals surface area (Å²) in [6, 6.07) is 3.87. The second-order valence-electron chi connectivity index (χ2n) is 6.96.